The first-order valence-electron chi connectivity index (χ1n) is 9.76. The van der Waals surface area contributed by atoms with Gasteiger partial charge in [-0.2, -0.15) is 8.42 Å². The molecule has 30 heavy (non-hydrogen) atoms. The summed E-state index contributed by atoms with van der Waals surface area (Å²) in [7, 11) is -3.77. The number of sulfonamides is 1. The molecule has 4 rings (SSSR count). The molecular weight excluding hydrogens is 482 g/mol. The van der Waals surface area contributed by atoms with E-state index in [0.29, 0.717) is 12.3 Å². The molecule has 1 saturated heterocycles. The standard InChI is InChI=1S/C22H22BrN3O2S2/c1-16-4-10-19(11-5-16)30(27,28)25-21(26-12-2-3-13-26)14-22-24-20(15-29-22)17-6-8-18(23)9-7-17/h4-11,15H,2-3,12-14H2,1H3/b25-21+. The quantitative estimate of drug-likeness (QED) is 0.349. The lowest BCUT2D eigenvalue weighted by molar-refractivity contribution is 0.510. The molecule has 3 aromatic rings. The number of aromatic nitrogens is 1. The van der Waals surface area contributed by atoms with Crippen LogP contribution in [0.3, 0.4) is 0 Å². The molecule has 0 spiro atoms. The minimum absolute atomic E-state index is 0.222. The Morgan fingerprint density at radius 2 is 1.77 bits per heavy atom. The highest BCUT2D eigenvalue weighted by Crippen LogP contribution is 2.25. The van der Waals surface area contributed by atoms with Crippen LogP contribution in [0.25, 0.3) is 11.3 Å². The fourth-order valence-corrected chi connectivity index (χ4v) is 5.47. The Morgan fingerprint density at radius 3 is 2.43 bits per heavy atom. The van der Waals surface area contributed by atoms with Crippen molar-refractivity contribution in [3.63, 3.8) is 0 Å². The molecule has 0 N–H and O–H groups in total. The van der Waals surface area contributed by atoms with Crippen molar-refractivity contribution in [2.24, 2.45) is 4.40 Å². The fraction of sp³-hybridized carbons (Fsp3) is 0.273. The highest BCUT2D eigenvalue weighted by atomic mass is 79.9. The van der Waals surface area contributed by atoms with Crippen LogP contribution in [0.2, 0.25) is 0 Å². The van der Waals surface area contributed by atoms with Crippen LogP contribution in [0.4, 0.5) is 0 Å². The number of likely N-dealkylation sites (tertiary alicyclic amines) is 1. The normalized spacial score (nSPS) is 15.0. The zero-order valence-electron chi connectivity index (χ0n) is 16.6. The SMILES string of the molecule is Cc1ccc(S(=O)(=O)/N=C(\Cc2nc(-c3ccc(Br)cc3)cs2)N2CCCC2)cc1. The number of aryl methyl sites for hydroxylation is 1. The van der Waals surface area contributed by atoms with Gasteiger partial charge in [-0.25, -0.2) is 4.98 Å². The maximum atomic E-state index is 12.9. The van der Waals surface area contributed by atoms with Crippen LogP contribution in [-0.2, 0) is 16.4 Å². The molecule has 2 aromatic carbocycles. The molecule has 1 aliphatic heterocycles. The molecule has 8 heteroatoms. The number of thiazole rings is 1. The van der Waals surface area contributed by atoms with E-state index in [0.717, 1.165) is 52.2 Å². The summed E-state index contributed by atoms with van der Waals surface area (Å²) in [5, 5.41) is 2.87. The molecule has 0 aliphatic carbocycles. The van der Waals surface area contributed by atoms with Crippen LogP contribution < -0.4 is 0 Å². The van der Waals surface area contributed by atoms with Crippen molar-refractivity contribution in [3.05, 3.63) is 69.0 Å². The molecular formula is C22H22BrN3O2S2. The van der Waals surface area contributed by atoms with Gasteiger partial charge in [0.2, 0.25) is 0 Å². The summed E-state index contributed by atoms with van der Waals surface area (Å²) >= 11 is 4.98. The zero-order valence-corrected chi connectivity index (χ0v) is 19.8. The predicted octanol–water partition coefficient (Wildman–Crippen LogP) is 5.31. The lowest BCUT2D eigenvalue weighted by atomic mass is 10.2. The van der Waals surface area contributed by atoms with Gasteiger partial charge in [-0.1, -0.05) is 45.8 Å². The number of halogens is 1. The van der Waals surface area contributed by atoms with Crippen molar-refractivity contribution in [3.8, 4) is 11.3 Å². The second-order valence-electron chi connectivity index (χ2n) is 7.30. The fourth-order valence-electron chi connectivity index (χ4n) is 3.36. The van der Waals surface area contributed by atoms with Gasteiger partial charge in [-0.3, -0.25) is 0 Å². The molecule has 156 valence electrons. The van der Waals surface area contributed by atoms with Gasteiger partial charge in [-0.05, 0) is 44.0 Å². The third-order valence-corrected chi connectivity index (χ3v) is 7.71. The van der Waals surface area contributed by atoms with Gasteiger partial charge in [0.15, 0.2) is 0 Å². The summed E-state index contributed by atoms with van der Waals surface area (Å²) in [5.74, 6) is 0.574. The largest absolute Gasteiger partial charge is 0.359 e. The zero-order chi connectivity index (χ0) is 21.1. The topological polar surface area (TPSA) is 62.6 Å². The van der Waals surface area contributed by atoms with Crippen LogP contribution in [0.5, 0.6) is 0 Å². The number of rotatable bonds is 5. The van der Waals surface area contributed by atoms with Crippen molar-refractivity contribution in [2.75, 3.05) is 13.1 Å². The van der Waals surface area contributed by atoms with Crippen molar-refractivity contribution >= 4 is 43.1 Å². The summed E-state index contributed by atoms with van der Waals surface area (Å²) < 4.78 is 31.1. The van der Waals surface area contributed by atoms with Gasteiger partial charge < -0.3 is 4.90 Å². The first-order chi connectivity index (χ1) is 14.4. The number of nitrogens with zero attached hydrogens (tertiary/aromatic N) is 3. The number of amidine groups is 1. The van der Waals surface area contributed by atoms with Crippen molar-refractivity contribution in [1.29, 1.82) is 0 Å². The van der Waals surface area contributed by atoms with Crippen LogP contribution in [-0.4, -0.2) is 37.2 Å². The van der Waals surface area contributed by atoms with Crippen LogP contribution in [0.1, 0.15) is 23.4 Å². The van der Waals surface area contributed by atoms with E-state index < -0.39 is 10.0 Å². The minimum Gasteiger partial charge on any atom is -0.359 e. The Labute approximate surface area is 189 Å². The van der Waals surface area contributed by atoms with Gasteiger partial charge in [0.05, 0.1) is 17.0 Å². The molecule has 0 saturated carbocycles. The van der Waals surface area contributed by atoms with Gasteiger partial charge in [0, 0.05) is 28.5 Å². The molecule has 0 atom stereocenters. The van der Waals surface area contributed by atoms with E-state index >= 15 is 0 Å². The average molecular weight is 504 g/mol. The summed E-state index contributed by atoms with van der Waals surface area (Å²) in [4.78, 5) is 7.03. The van der Waals surface area contributed by atoms with E-state index in [-0.39, 0.29) is 4.90 Å². The highest BCUT2D eigenvalue weighted by molar-refractivity contribution is 9.10. The Hall–Kier alpha value is -2.03. The van der Waals surface area contributed by atoms with E-state index in [9.17, 15) is 8.42 Å². The summed E-state index contributed by atoms with van der Waals surface area (Å²) in [6.45, 7) is 3.58. The van der Waals surface area contributed by atoms with E-state index in [1.165, 1.54) is 11.3 Å². The Morgan fingerprint density at radius 1 is 1.10 bits per heavy atom. The second-order valence-corrected chi connectivity index (χ2v) is 10.8. The molecule has 1 aliphatic rings. The Balaban J connectivity index is 1.63. The Kier molecular flexibility index (Phi) is 6.36. The molecule has 1 aromatic heterocycles. The van der Waals surface area contributed by atoms with Crippen LogP contribution >= 0.6 is 27.3 Å². The smallest absolute Gasteiger partial charge is 0.283 e. The van der Waals surface area contributed by atoms with Gasteiger partial charge in [-0.15, -0.1) is 15.7 Å². The second kappa shape index (κ2) is 8.99. The lowest BCUT2D eigenvalue weighted by Crippen LogP contribution is -2.30. The van der Waals surface area contributed by atoms with Crippen LogP contribution in [0.15, 0.2) is 67.7 Å². The molecule has 2 heterocycles. The molecule has 5 nitrogen and oxygen atoms in total. The van der Waals surface area contributed by atoms with Crippen molar-refractivity contribution in [2.45, 2.75) is 31.1 Å². The first kappa shape index (κ1) is 21.2. The maximum absolute atomic E-state index is 12.9. The lowest BCUT2D eigenvalue weighted by Gasteiger charge is -2.19. The summed E-state index contributed by atoms with van der Waals surface area (Å²) in [6.07, 6.45) is 2.50. The van der Waals surface area contributed by atoms with Crippen molar-refractivity contribution < 1.29 is 8.42 Å². The summed E-state index contributed by atoms with van der Waals surface area (Å²) in [5.41, 5.74) is 2.94. The number of hydrogen-bond donors (Lipinski definition) is 0. The molecule has 0 radical (unpaired) electrons. The van der Waals surface area contributed by atoms with Gasteiger partial charge in [0.1, 0.15) is 10.8 Å². The van der Waals surface area contributed by atoms with Gasteiger partial charge >= 0.3 is 0 Å². The van der Waals surface area contributed by atoms with Gasteiger partial charge in [0.25, 0.3) is 10.0 Å². The van der Waals surface area contributed by atoms with E-state index in [1.807, 2.05) is 36.6 Å². The summed E-state index contributed by atoms with van der Waals surface area (Å²) in [6, 6.07) is 14.8. The number of benzene rings is 2. The van der Waals surface area contributed by atoms with E-state index in [1.54, 1.807) is 24.3 Å². The minimum atomic E-state index is -3.77. The van der Waals surface area contributed by atoms with Crippen LogP contribution in [0, 0.1) is 6.92 Å². The highest BCUT2D eigenvalue weighted by Gasteiger charge is 2.22. The molecule has 1 fully saturated rings. The molecule has 0 amide bonds. The molecule has 0 unspecified atom stereocenters. The average Bonchev–Trinajstić information content (AvgIpc) is 3.40. The number of hydrogen-bond acceptors (Lipinski definition) is 4. The monoisotopic (exact) mass is 503 g/mol. The maximum Gasteiger partial charge on any atom is 0.283 e. The predicted molar refractivity (Wildman–Crippen MR) is 126 cm³/mol. The third-order valence-electron chi connectivity index (χ3n) is 5.02. The van der Waals surface area contributed by atoms with Crippen molar-refractivity contribution in [1.82, 2.24) is 9.88 Å². The van der Waals surface area contributed by atoms with E-state index in [4.69, 9.17) is 4.98 Å². The molecule has 0 bridgehead atoms. The third kappa shape index (κ3) is 4.99. The Bertz CT molecular complexity index is 1150. The van der Waals surface area contributed by atoms with E-state index in [2.05, 4.69) is 25.2 Å². The first-order valence-corrected chi connectivity index (χ1v) is 12.9.